The Kier molecular flexibility index (Phi) is 8.32. The van der Waals surface area contributed by atoms with E-state index in [0.717, 1.165) is 47.9 Å². The molecule has 39 heavy (non-hydrogen) atoms. The Bertz CT molecular complexity index is 1450. The number of hydrogen-bond donors (Lipinski definition) is 1. The van der Waals surface area contributed by atoms with E-state index in [4.69, 9.17) is 16.3 Å². The quantitative estimate of drug-likeness (QED) is 0.240. The summed E-state index contributed by atoms with van der Waals surface area (Å²) in [5.74, 6) is 0.666. The molecule has 2 heterocycles. The number of esters is 1. The molecule has 202 valence electrons. The summed E-state index contributed by atoms with van der Waals surface area (Å²) in [5, 5.41) is 3.58. The molecule has 1 N–H and O–H groups in total. The maximum Gasteiger partial charge on any atom is 0.306 e. The highest BCUT2D eigenvalue weighted by molar-refractivity contribution is 6.31. The zero-order valence-corrected chi connectivity index (χ0v) is 23.2. The maximum atomic E-state index is 12.8. The van der Waals surface area contributed by atoms with Crippen molar-refractivity contribution in [3.8, 4) is 11.1 Å². The molecule has 1 aliphatic carbocycles. The Morgan fingerprint density at radius 1 is 1.00 bits per heavy atom. The number of hydrogen-bond acceptors (Lipinski definition) is 4. The molecule has 5 rings (SSSR count). The van der Waals surface area contributed by atoms with E-state index >= 15 is 0 Å². The number of amides is 1. The van der Waals surface area contributed by atoms with Gasteiger partial charge >= 0.3 is 5.97 Å². The lowest BCUT2D eigenvalue weighted by atomic mass is 9.77. The van der Waals surface area contributed by atoms with Gasteiger partial charge in [0.2, 0.25) is 0 Å². The molecule has 0 atom stereocenters. The van der Waals surface area contributed by atoms with E-state index in [1.807, 2.05) is 54.8 Å². The van der Waals surface area contributed by atoms with Crippen molar-refractivity contribution in [3.63, 3.8) is 0 Å². The number of fused-ring (bicyclic) bond motifs is 1. The number of nitrogens with one attached hydrogen (secondary N) is 1. The minimum Gasteiger partial charge on any atom is -0.466 e. The molecule has 0 saturated heterocycles. The van der Waals surface area contributed by atoms with Crippen molar-refractivity contribution in [1.82, 2.24) is 14.7 Å². The summed E-state index contributed by atoms with van der Waals surface area (Å²) in [5.41, 5.74) is 6.56. The summed E-state index contributed by atoms with van der Waals surface area (Å²) in [6.45, 7) is 4.64. The first kappa shape index (κ1) is 26.9. The van der Waals surface area contributed by atoms with Crippen LogP contribution in [0.4, 0.5) is 0 Å². The van der Waals surface area contributed by atoms with E-state index < -0.39 is 0 Å². The first-order chi connectivity index (χ1) is 18.9. The average Bonchev–Trinajstić information content (AvgIpc) is 3.37. The number of nitrogens with zero attached hydrogens (tertiary/aromatic N) is 2. The largest absolute Gasteiger partial charge is 0.466 e. The van der Waals surface area contributed by atoms with E-state index in [9.17, 15) is 9.59 Å². The second-order valence-electron chi connectivity index (χ2n) is 10.4. The van der Waals surface area contributed by atoms with Gasteiger partial charge in [0.15, 0.2) is 0 Å². The topological polar surface area (TPSA) is 72.7 Å². The predicted octanol–water partition coefficient (Wildman–Crippen LogP) is 7.12. The molecule has 0 aliphatic heterocycles. The van der Waals surface area contributed by atoms with Gasteiger partial charge in [-0.1, -0.05) is 48.0 Å². The summed E-state index contributed by atoms with van der Waals surface area (Å²) in [6, 6.07) is 18.4. The van der Waals surface area contributed by atoms with Crippen LogP contribution in [0, 0.1) is 12.8 Å². The number of carbonyl (C=O) groups excluding carboxylic acids is 2. The van der Waals surface area contributed by atoms with Gasteiger partial charge in [-0.25, -0.2) is 4.98 Å². The number of carbonyl (C=O) groups is 2. The van der Waals surface area contributed by atoms with Crippen molar-refractivity contribution in [2.45, 2.75) is 58.4 Å². The van der Waals surface area contributed by atoms with Crippen molar-refractivity contribution >= 4 is 29.1 Å². The smallest absolute Gasteiger partial charge is 0.306 e. The van der Waals surface area contributed by atoms with E-state index in [-0.39, 0.29) is 11.9 Å². The molecule has 0 spiro atoms. The third kappa shape index (κ3) is 6.34. The second kappa shape index (κ2) is 12.0. The van der Waals surface area contributed by atoms with Crippen LogP contribution in [-0.2, 0) is 16.1 Å². The van der Waals surface area contributed by atoms with Gasteiger partial charge in [-0.15, -0.1) is 0 Å². The zero-order valence-electron chi connectivity index (χ0n) is 22.5. The SMILES string of the molecule is CCOC(=O)C[C@H]1CC[C@H](c2ccc(-c3ccc4nc(C(=O)NCc5c(C)cccc5Cl)cn4c3)cc2)CC1. The summed E-state index contributed by atoms with van der Waals surface area (Å²) in [4.78, 5) is 29.1. The molecular weight excluding hydrogens is 510 g/mol. The highest BCUT2D eigenvalue weighted by Crippen LogP contribution is 2.37. The van der Waals surface area contributed by atoms with Gasteiger partial charge in [0.1, 0.15) is 11.3 Å². The molecule has 4 aromatic rings. The Hall–Kier alpha value is -3.64. The van der Waals surface area contributed by atoms with Crippen LogP contribution in [0.3, 0.4) is 0 Å². The van der Waals surface area contributed by atoms with Crippen LogP contribution in [0.5, 0.6) is 0 Å². The lowest BCUT2D eigenvalue weighted by molar-refractivity contribution is -0.144. The number of imidazole rings is 1. The summed E-state index contributed by atoms with van der Waals surface area (Å²) in [7, 11) is 0. The van der Waals surface area contributed by atoms with Crippen molar-refractivity contribution < 1.29 is 14.3 Å². The van der Waals surface area contributed by atoms with Crippen LogP contribution in [0.2, 0.25) is 5.02 Å². The zero-order chi connectivity index (χ0) is 27.4. The molecule has 2 aromatic carbocycles. The molecule has 1 amide bonds. The first-order valence-electron chi connectivity index (χ1n) is 13.7. The third-order valence-electron chi connectivity index (χ3n) is 7.79. The minimum absolute atomic E-state index is 0.0694. The van der Waals surface area contributed by atoms with Crippen LogP contribution >= 0.6 is 11.6 Å². The first-order valence-corrected chi connectivity index (χ1v) is 14.1. The average molecular weight is 544 g/mol. The van der Waals surface area contributed by atoms with Crippen molar-refractivity contribution in [2.24, 2.45) is 5.92 Å². The maximum absolute atomic E-state index is 12.8. The molecule has 1 fully saturated rings. The molecule has 2 aromatic heterocycles. The van der Waals surface area contributed by atoms with Gasteiger partial charge in [0.05, 0.1) is 6.61 Å². The number of rotatable bonds is 8. The van der Waals surface area contributed by atoms with Crippen LogP contribution in [0.25, 0.3) is 16.8 Å². The summed E-state index contributed by atoms with van der Waals surface area (Å²) < 4.78 is 7.01. The minimum atomic E-state index is -0.235. The van der Waals surface area contributed by atoms with Crippen LogP contribution in [-0.4, -0.2) is 27.9 Å². The third-order valence-corrected chi connectivity index (χ3v) is 8.14. The van der Waals surface area contributed by atoms with Crippen LogP contribution < -0.4 is 5.32 Å². The van der Waals surface area contributed by atoms with E-state index in [2.05, 4.69) is 34.6 Å². The van der Waals surface area contributed by atoms with Crippen LogP contribution in [0.1, 0.15) is 72.1 Å². The molecule has 0 radical (unpaired) electrons. The monoisotopic (exact) mass is 543 g/mol. The molecule has 1 aliphatic rings. The lowest BCUT2D eigenvalue weighted by Crippen LogP contribution is -2.23. The molecule has 0 bridgehead atoms. The summed E-state index contributed by atoms with van der Waals surface area (Å²) in [6.07, 6.45) is 8.65. The van der Waals surface area contributed by atoms with Gasteiger partial charge in [0, 0.05) is 30.4 Å². The number of pyridine rings is 1. The number of halogens is 1. The van der Waals surface area contributed by atoms with Gasteiger partial charge in [-0.05, 0) is 97.4 Å². The van der Waals surface area contributed by atoms with Crippen molar-refractivity contribution in [1.29, 1.82) is 0 Å². The Balaban J connectivity index is 1.22. The van der Waals surface area contributed by atoms with E-state index in [1.54, 1.807) is 6.20 Å². The molecule has 0 unspecified atom stereocenters. The van der Waals surface area contributed by atoms with Gasteiger partial charge in [-0.3, -0.25) is 9.59 Å². The summed E-state index contributed by atoms with van der Waals surface area (Å²) >= 11 is 6.30. The molecule has 7 heteroatoms. The van der Waals surface area contributed by atoms with Gasteiger partial charge in [-0.2, -0.15) is 0 Å². The van der Waals surface area contributed by atoms with Gasteiger partial charge < -0.3 is 14.5 Å². The predicted molar refractivity (Wildman–Crippen MR) is 154 cm³/mol. The second-order valence-corrected chi connectivity index (χ2v) is 10.8. The van der Waals surface area contributed by atoms with Crippen LogP contribution in [0.15, 0.2) is 67.0 Å². The lowest BCUT2D eigenvalue weighted by Gasteiger charge is -2.28. The fraction of sp³-hybridized carbons (Fsp3) is 0.344. The number of aryl methyl sites for hydroxylation is 1. The number of benzene rings is 2. The Labute approximate surface area is 234 Å². The van der Waals surface area contributed by atoms with E-state index in [0.29, 0.717) is 47.8 Å². The van der Waals surface area contributed by atoms with E-state index in [1.165, 1.54) is 5.56 Å². The van der Waals surface area contributed by atoms with Crippen molar-refractivity contribution in [2.75, 3.05) is 6.61 Å². The Morgan fingerprint density at radius 2 is 1.74 bits per heavy atom. The van der Waals surface area contributed by atoms with Crippen molar-refractivity contribution in [3.05, 3.63) is 94.4 Å². The fourth-order valence-corrected chi connectivity index (χ4v) is 5.81. The molecule has 1 saturated carbocycles. The highest BCUT2D eigenvalue weighted by atomic mass is 35.5. The normalized spacial score (nSPS) is 17.2. The Morgan fingerprint density at radius 3 is 2.46 bits per heavy atom. The molecular formula is C32H34ClN3O3. The number of aromatic nitrogens is 2. The fourth-order valence-electron chi connectivity index (χ4n) is 5.52. The highest BCUT2D eigenvalue weighted by Gasteiger charge is 2.24. The van der Waals surface area contributed by atoms with Gasteiger partial charge in [0.25, 0.3) is 5.91 Å². The molecule has 6 nitrogen and oxygen atoms in total. The number of ether oxygens (including phenoxy) is 1. The standard InChI is InChI=1S/C32H34ClN3O3/c1-3-39-31(37)17-22-7-9-23(10-8-22)24-11-13-25(14-12-24)26-15-16-30-35-29(20-36(30)19-26)32(38)34-18-27-21(2)5-4-6-28(27)33/h4-6,11-16,19-20,22-23H,3,7-10,17-18H2,1-2H3,(H,34,38)/t22-,23-.